The molecule has 4 amide bonds. The van der Waals surface area contributed by atoms with E-state index in [0.717, 1.165) is 0 Å². The van der Waals surface area contributed by atoms with Crippen molar-refractivity contribution in [3.05, 3.63) is 18.2 Å². The topological polar surface area (TPSA) is 260 Å². The van der Waals surface area contributed by atoms with Gasteiger partial charge in [-0.25, -0.2) is 4.98 Å². The van der Waals surface area contributed by atoms with E-state index in [1.165, 1.54) is 19.4 Å². The molecule has 0 radical (unpaired) electrons. The second-order valence-electron chi connectivity index (χ2n) is 7.18. The van der Waals surface area contributed by atoms with E-state index in [4.69, 9.17) is 21.7 Å². The molecule has 1 rings (SSSR count). The number of hydrogen-bond acceptors (Lipinski definition) is 8. The first-order valence-corrected chi connectivity index (χ1v) is 9.77. The first-order chi connectivity index (χ1) is 15.4. The fraction of sp³-hybridized carbons (Fsp3) is 0.500. The molecule has 0 aliphatic rings. The summed E-state index contributed by atoms with van der Waals surface area (Å²) in [6, 6.07) is -5.33. The average Bonchev–Trinajstić information content (AvgIpc) is 3.22. The number of hydrogen-bond donors (Lipinski definition) is 8. The number of imidazole rings is 1. The highest BCUT2D eigenvalue weighted by Crippen LogP contribution is 2.04. The van der Waals surface area contributed by atoms with E-state index >= 15 is 0 Å². The number of nitrogens with two attached hydrogens (primary N) is 2. The Labute approximate surface area is 187 Å². The van der Waals surface area contributed by atoms with Crippen molar-refractivity contribution in [1.29, 1.82) is 0 Å². The number of carbonyl (C=O) groups excluding carboxylic acids is 4. The Morgan fingerprint density at radius 1 is 1.03 bits per heavy atom. The number of aromatic amines is 1. The number of aromatic nitrogens is 2. The van der Waals surface area contributed by atoms with Gasteiger partial charge in [0.05, 0.1) is 18.8 Å². The second kappa shape index (κ2) is 12.7. The van der Waals surface area contributed by atoms with Gasteiger partial charge in [0.25, 0.3) is 0 Å². The monoisotopic (exact) mass is 469 g/mol. The summed E-state index contributed by atoms with van der Waals surface area (Å²) in [4.78, 5) is 77.1. The molecule has 1 aromatic heterocycles. The van der Waals surface area contributed by atoms with Crippen molar-refractivity contribution in [3.63, 3.8) is 0 Å². The smallest absolute Gasteiger partial charge is 0.325 e. The van der Waals surface area contributed by atoms with Crippen LogP contribution in [0.5, 0.6) is 0 Å². The third kappa shape index (κ3) is 9.77. The number of H-pyrrole nitrogens is 1. The average molecular weight is 469 g/mol. The molecule has 0 fully saturated rings. The molecule has 0 bridgehead atoms. The van der Waals surface area contributed by atoms with Gasteiger partial charge < -0.3 is 42.6 Å². The molecule has 33 heavy (non-hydrogen) atoms. The van der Waals surface area contributed by atoms with Crippen molar-refractivity contribution in [2.75, 3.05) is 0 Å². The Kier molecular flexibility index (Phi) is 10.4. The third-order valence-corrected chi connectivity index (χ3v) is 4.38. The van der Waals surface area contributed by atoms with Crippen LogP contribution in [0.2, 0.25) is 0 Å². The maximum atomic E-state index is 12.9. The lowest BCUT2D eigenvalue weighted by Gasteiger charge is -2.24. The highest BCUT2D eigenvalue weighted by Gasteiger charge is 2.30. The van der Waals surface area contributed by atoms with Crippen molar-refractivity contribution in [3.8, 4) is 0 Å². The minimum atomic E-state index is -1.41. The summed E-state index contributed by atoms with van der Waals surface area (Å²) in [6.45, 7) is 1.19. The van der Waals surface area contributed by atoms with Crippen LogP contribution in [0.4, 0.5) is 0 Å². The SMILES string of the molecule is CC(NC(=O)C(CCC(=O)O)NC(=O)C(Cc1cnc[nH]1)NC(=O)C(N)CC(N)=O)C(=O)O. The van der Waals surface area contributed by atoms with Crippen LogP contribution in [0.15, 0.2) is 12.5 Å². The predicted octanol–water partition coefficient (Wildman–Crippen LogP) is -3.42. The van der Waals surface area contributed by atoms with Gasteiger partial charge in [0, 0.05) is 24.7 Å². The molecule has 1 aromatic rings. The molecule has 182 valence electrons. The second-order valence-corrected chi connectivity index (χ2v) is 7.18. The van der Waals surface area contributed by atoms with E-state index < -0.39 is 72.6 Å². The standard InChI is InChI=1S/C18H27N7O8/c1-8(18(32)33)23-16(30)11(2-3-14(27)28)24-17(31)12(4-9-6-21-7-22-9)25-15(29)10(19)5-13(20)26/h6-8,10-12H,2-5,19H2,1H3,(H2,20,26)(H,21,22)(H,23,30)(H,24,31)(H,25,29)(H,27,28)(H,32,33). The largest absolute Gasteiger partial charge is 0.481 e. The van der Waals surface area contributed by atoms with Crippen LogP contribution in [0, 0.1) is 0 Å². The molecule has 0 spiro atoms. The van der Waals surface area contributed by atoms with E-state index in [-0.39, 0.29) is 12.8 Å². The molecule has 15 heteroatoms. The lowest BCUT2D eigenvalue weighted by atomic mass is 10.1. The molecule has 0 saturated carbocycles. The Morgan fingerprint density at radius 3 is 2.15 bits per heavy atom. The molecular formula is C18H27N7O8. The summed E-state index contributed by atoms with van der Waals surface area (Å²) in [7, 11) is 0. The number of amides is 4. The summed E-state index contributed by atoms with van der Waals surface area (Å²) < 4.78 is 0. The Hall–Kier alpha value is -4.01. The molecule has 1 heterocycles. The van der Waals surface area contributed by atoms with Gasteiger partial charge >= 0.3 is 11.9 Å². The van der Waals surface area contributed by atoms with Gasteiger partial charge in [-0.15, -0.1) is 0 Å². The van der Waals surface area contributed by atoms with E-state index in [9.17, 15) is 28.8 Å². The normalized spacial score (nSPS) is 14.2. The number of nitrogens with zero attached hydrogens (tertiary/aromatic N) is 1. The molecule has 0 aliphatic heterocycles. The van der Waals surface area contributed by atoms with Gasteiger partial charge in [-0.2, -0.15) is 0 Å². The van der Waals surface area contributed by atoms with Crippen LogP contribution < -0.4 is 27.4 Å². The van der Waals surface area contributed by atoms with E-state index in [0.29, 0.717) is 5.69 Å². The molecular weight excluding hydrogens is 442 g/mol. The molecule has 10 N–H and O–H groups in total. The molecule has 0 saturated heterocycles. The van der Waals surface area contributed by atoms with Gasteiger partial charge in [0.2, 0.25) is 23.6 Å². The summed E-state index contributed by atoms with van der Waals surface area (Å²) in [5, 5.41) is 24.7. The van der Waals surface area contributed by atoms with Crippen LogP contribution in [-0.2, 0) is 35.2 Å². The van der Waals surface area contributed by atoms with E-state index in [2.05, 4.69) is 25.9 Å². The van der Waals surface area contributed by atoms with E-state index in [1.807, 2.05) is 0 Å². The quantitative estimate of drug-likeness (QED) is 0.134. The zero-order valence-corrected chi connectivity index (χ0v) is 17.7. The number of carboxylic acids is 2. The van der Waals surface area contributed by atoms with Crippen molar-refractivity contribution >= 4 is 35.6 Å². The first-order valence-electron chi connectivity index (χ1n) is 9.77. The molecule has 0 aliphatic carbocycles. The molecule has 4 atom stereocenters. The summed E-state index contributed by atoms with van der Waals surface area (Å²) in [5.41, 5.74) is 11.1. The lowest BCUT2D eigenvalue weighted by molar-refractivity contribution is -0.142. The first kappa shape index (κ1) is 27.0. The van der Waals surface area contributed by atoms with Gasteiger partial charge in [-0.3, -0.25) is 28.8 Å². The van der Waals surface area contributed by atoms with Crippen molar-refractivity contribution in [2.45, 2.75) is 56.8 Å². The van der Waals surface area contributed by atoms with Crippen molar-refractivity contribution in [2.24, 2.45) is 11.5 Å². The highest BCUT2D eigenvalue weighted by atomic mass is 16.4. The zero-order chi connectivity index (χ0) is 25.1. The van der Waals surface area contributed by atoms with Crippen molar-refractivity contribution < 1.29 is 39.0 Å². The number of nitrogens with one attached hydrogen (secondary N) is 4. The minimum absolute atomic E-state index is 0.111. The van der Waals surface area contributed by atoms with Gasteiger partial charge in [-0.05, 0) is 13.3 Å². The van der Waals surface area contributed by atoms with Gasteiger partial charge in [0.15, 0.2) is 0 Å². The zero-order valence-electron chi connectivity index (χ0n) is 17.7. The fourth-order valence-corrected chi connectivity index (χ4v) is 2.60. The van der Waals surface area contributed by atoms with E-state index in [1.54, 1.807) is 0 Å². The maximum Gasteiger partial charge on any atom is 0.325 e. The number of rotatable bonds is 14. The van der Waals surface area contributed by atoms with Gasteiger partial charge in [-0.1, -0.05) is 0 Å². The fourth-order valence-electron chi connectivity index (χ4n) is 2.60. The maximum absolute atomic E-state index is 12.9. The Bertz CT molecular complexity index is 873. The summed E-state index contributed by atoms with van der Waals surface area (Å²) >= 11 is 0. The number of aliphatic carboxylic acids is 2. The van der Waals surface area contributed by atoms with Crippen LogP contribution in [0.3, 0.4) is 0 Å². The molecule has 4 unspecified atom stereocenters. The highest BCUT2D eigenvalue weighted by molar-refractivity contribution is 5.95. The number of primary amides is 1. The molecule has 0 aromatic carbocycles. The lowest BCUT2D eigenvalue weighted by Crippen LogP contribution is -2.57. The summed E-state index contributed by atoms with van der Waals surface area (Å²) in [5.74, 6) is -6.06. The number of carboxylic acid groups (broad SMARTS) is 2. The molecule has 15 nitrogen and oxygen atoms in total. The minimum Gasteiger partial charge on any atom is -0.481 e. The summed E-state index contributed by atoms with van der Waals surface area (Å²) in [6.07, 6.45) is 1.30. The van der Waals surface area contributed by atoms with Crippen LogP contribution in [0.25, 0.3) is 0 Å². The Balaban J connectivity index is 3.02. The predicted molar refractivity (Wildman–Crippen MR) is 110 cm³/mol. The van der Waals surface area contributed by atoms with Crippen LogP contribution >= 0.6 is 0 Å². The van der Waals surface area contributed by atoms with Crippen molar-refractivity contribution in [1.82, 2.24) is 25.9 Å². The van der Waals surface area contributed by atoms with Crippen LogP contribution in [0.1, 0.15) is 31.9 Å². The number of carbonyl (C=O) groups is 6. The van der Waals surface area contributed by atoms with Crippen LogP contribution in [-0.4, -0.2) is 79.9 Å². The third-order valence-electron chi connectivity index (χ3n) is 4.38. The Morgan fingerprint density at radius 2 is 1.64 bits per heavy atom. The van der Waals surface area contributed by atoms with Gasteiger partial charge in [0.1, 0.15) is 18.1 Å².